The number of hydrogen-bond acceptors (Lipinski definition) is 3. The number of halogens is 1. The standard InChI is InChI=1S/C23H28ClN3O2/c1-3-5-19(15-6-4-7-16(9-8-15)22(28)25-2)27-23(29)21-12-10-17-14-18(24)11-13-20(17)26-21/h6-9,11,13-14,19,21,26H,3-5,10,12H2,1-2H3,(H,25,28)(H,27,29). The summed E-state index contributed by atoms with van der Waals surface area (Å²) in [6, 6.07) is 5.39. The lowest BCUT2D eigenvalue weighted by Gasteiger charge is -2.29. The SMILES string of the molecule is CCCC(NC(=O)C1CCc2cc(Cl)ccc2N1)C1=CCC=C(C(=O)NC)C=C1. The number of fused-ring (bicyclic) bond motifs is 1. The molecule has 1 heterocycles. The van der Waals surface area contributed by atoms with Gasteiger partial charge in [0.1, 0.15) is 6.04 Å². The van der Waals surface area contributed by atoms with Crippen molar-refractivity contribution in [1.82, 2.24) is 10.6 Å². The van der Waals surface area contributed by atoms with E-state index in [0.717, 1.165) is 42.5 Å². The molecule has 3 N–H and O–H groups in total. The van der Waals surface area contributed by atoms with Gasteiger partial charge in [-0.05, 0) is 61.1 Å². The van der Waals surface area contributed by atoms with Gasteiger partial charge in [0.15, 0.2) is 0 Å². The average Bonchev–Trinajstić information content (AvgIpc) is 2.98. The van der Waals surface area contributed by atoms with Crippen LogP contribution in [0.5, 0.6) is 0 Å². The van der Waals surface area contributed by atoms with Crippen molar-refractivity contribution in [3.8, 4) is 0 Å². The summed E-state index contributed by atoms with van der Waals surface area (Å²) in [4.78, 5) is 24.9. The molecule has 1 aromatic carbocycles. The fourth-order valence-electron chi connectivity index (χ4n) is 3.76. The number of nitrogens with one attached hydrogen (secondary N) is 3. The smallest absolute Gasteiger partial charge is 0.250 e. The van der Waals surface area contributed by atoms with Crippen LogP contribution in [0.4, 0.5) is 5.69 Å². The summed E-state index contributed by atoms with van der Waals surface area (Å²) in [6.07, 6.45) is 11.8. The second kappa shape index (κ2) is 9.79. The Morgan fingerprint density at radius 3 is 2.86 bits per heavy atom. The van der Waals surface area contributed by atoms with Crippen LogP contribution in [0.2, 0.25) is 5.02 Å². The Morgan fingerprint density at radius 1 is 1.28 bits per heavy atom. The van der Waals surface area contributed by atoms with Crippen molar-refractivity contribution in [3.05, 3.63) is 64.2 Å². The first-order valence-corrected chi connectivity index (χ1v) is 10.5. The predicted octanol–water partition coefficient (Wildman–Crippen LogP) is 3.91. The Kier molecular flexibility index (Phi) is 7.15. The maximum Gasteiger partial charge on any atom is 0.250 e. The van der Waals surface area contributed by atoms with E-state index in [1.54, 1.807) is 7.05 Å². The van der Waals surface area contributed by atoms with Crippen LogP contribution in [0.3, 0.4) is 0 Å². The van der Waals surface area contributed by atoms with Crippen molar-refractivity contribution >= 4 is 29.1 Å². The van der Waals surface area contributed by atoms with E-state index in [9.17, 15) is 9.59 Å². The van der Waals surface area contributed by atoms with Crippen molar-refractivity contribution < 1.29 is 9.59 Å². The maximum absolute atomic E-state index is 13.0. The molecule has 2 unspecified atom stereocenters. The molecule has 29 heavy (non-hydrogen) atoms. The third-order valence-electron chi connectivity index (χ3n) is 5.35. The highest BCUT2D eigenvalue weighted by Crippen LogP contribution is 2.28. The molecule has 3 rings (SSSR count). The zero-order valence-electron chi connectivity index (χ0n) is 16.9. The third-order valence-corrected chi connectivity index (χ3v) is 5.58. The number of amides is 2. The van der Waals surface area contributed by atoms with Gasteiger partial charge in [-0.3, -0.25) is 9.59 Å². The maximum atomic E-state index is 13.0. The molecule has 2 amide bonds. The van der Waals surface area contributed by atoms with Gasteiger partial charge in [-0.15, -0.1) is 0 Å². The van der Waals surface area contributed by atoms with Gasteiger partial charge < -0.3 is 16.0 Å². The van der Waals surface area contributed by atoms with Crippen LogP contribution in [0, 0.1) is 0 Å². The summed E-state index contributed by atoms with van der Waals surface area (Å²) in [5.74, 6) is -0.0979. The van der Waals surface area contributed by atoms with Crippen LogP contribution in [0.25, 0.3) is 0 Å². The lowest BCUT2D eigenvalue weighted by atomic mass is 9.96. The zero-order valence-corrected chi connectivity index (χ0v) is 17.7. The van der Waals surface area contributed by atoms with Gasteiger partial charge in [-0.2, -0.15) is 0 Å². The molecule has 2 aliphatic rings. The molecule has 0 fully saturated rings. The van der Waals surface area contributed by atoms with E-state index in [2.05, 4.69) is 29.0 Å². The Balaban J connectivity index is 1.68. The van der Waals surface area contributed by atoms with E-state index >= 15 is 0 Å². The number of carbonyl (C=O) groups excluding carboxylic acids is 2. The third kappa shape index (κ3) is 5.30. The number of likely N-dealkylation sites (N-methyl/N-ethyl adjacent to an activating group) is 1. The van der Waals surface area contributed by atoms with Crippen LogP contribution in [-0.2, 0) is 16.0 Å². The molecule has 0 aromatic heterocycles. The molecule has 6 heteroatoms. The molecule has 0 bridgehead atoms. The van der Waals surface area contributed by atoms with Crippen LogP contribution >= 0.6 is 11.6 Å². The van der Waals surface area contributed by atoms with Gasteiger partial charge in [0.05, 0.1) is 6.04 Å². The second-order valence-corrected chi connectivity index (χ2v) is 7.84. The van der Waals surface area contributed by atoms with E-state index in [0.29, 0.717) is 17.0 Å². The Morgan fingerprint density at radius 2 is 2.10 bits per heavy atom. The number of anilines is 1. The first-order valence-electron chi connectivity index (χ1n) is 10.2. The average molecular weight is 414 g/mol. The van der Waals surface area contributed by atoms with Crippen LogP contribution < -0.4 is 16.0 Å². The molecule has 0 radical (unpaired) electrons. The molecule has 0 spiro atoms. The molecule has 1 aromatic rings. The highest BCUT2D eigenvalue weighted by molar-refractivity contribution is 6.30. The molecule has 0 saturated carbocycles. The summed E-state index contributed by atoms with van der Waals surface area (Å²) < 4.78 is 0. The second-order valence-electron chi connectivity index (χ2n) is 7.40. The van der Waals surface area contributed by atoms with Crippen molar-refractivity contribution in [2.24, 2.45) is 0 Å². The lowest BCUT2D eigenvalue weighted by Crippen LogP contribution is -2.46. The van der Waals surface area contributed by atoms with Gasteiger partial charge in [0.25, 0.3) is 5.91 Å². The molecule has 154 valence electrons. The Bertz CT molecular complexity index is 873. The van der Waals surface area contributed by atoms with E-state index in [-0.39, 0.29) is 23.9 Å². The minimum atomic E-state index is -0.266. The van der Waals surface area contributed by atoms with Gasteiger partial charge in [0, 0.05) is 23.3 Å². The van der Waals surface area contributed by atoms with Crippen LogP contribution in [0.15, 0.2) is 53.6 Å². The first-order chi connectivity index (χ1) is 14.0. The fraction of sp³-hybridized carbons (Fsp3) is 0.391. The minimum Gasteiger partial charge on any atom is -0.373 e. The number of rotatable bonds is 6. The quantitative estimate of drug-likeness (QED) is 0.662. The first kappa shape index (κ1) is 21.2. The zero-order chi connectivity index (χ0) is 20.8. The molecular formula is C23H28ClN3O2. The number of hydrogen-bond donors (Lipinski definition) is 3. The van der Waals surface area contributed by atoms with Crippen molar-refractivity contribution in [2.45, 2.75) is 51.1 Å². The summed E-state index contributed by atoms with van der Waals surface area (Å²) in [6.45, 7) is 2.10. The topological polar surface area (TPSA) is 70.2 Å². The van der Waals surface area contributed by atoms with E-state index in [4.69, 9.17) is 11.6 Å². The monoisotopic (exact) mass is 413 g/mol. The largest absolute Gasteiger partial charge is 0.373 e. The molecule has 5 nitrogen and oxygen atoms in total. The molecule has 1 aliphatic heterocycles. The van der Waals surface area contributed by atoms with Crippen LogP contribution in [-0.4, -0.2) is 30.9 Å². The molecular weight excluding hydrogens is 386 g/mol. The molecule has 1 aliphatic carbocycles. The van der Waals surface area contributed by atoms with E-state index in [1.165, 1.54) is 0 Å². The summed E-state index contributed by atoms with van der Waals surface area (Å²) >= 11 is 6.07. The normalized spacial score (nSPS) is 19.1. The van der Waals surface area contributed by atoms with Gasteiger partial charge in [-0.25, -0.2) is 0 Å². The van der Waals surface area contributed by atoms with Gasteiger partial charge in [-0.1, -0.05) is 43.2 Å². The van der Waals surface area contributed by atoms with E-state index < -0.39 is 0 Å². The Labute approximate surface area is 177 Å². The number of aryl methyl sites for hydroxylation is 1. The molecule has 2 atom stereocenters. The van der Waals surface area contributed by atoms with Crippen LogP contribution in [0.1, 0.15) is 38.2 Å². The van der Waals surface area contributed by atoms with Crippen molar-refractivity contribution in [1.29, 1.82) is 0 Å². The number of carbonyl (C=O) groups is 2. The summed E-state index contributed by atoms with van der Waals surface area (Å²) in [5, 5.41) is 9.93. The number of benzene rings is 1. The lowest BCUT2D eigenvalue weighted by molar-refractivity contribution is -0.122. The summed E-state index contributed by atoms with van der Waals surface area (Å²) in [7, 11) is 1.62. The highest BCUT2D eigenvalue weighted by atomic mass is 35.5. The number of allylic oxidation sites excluding steroid dienone is 2. The molecule has 0 saturated heterocycles. The van der Waals surface area contributed by atoms with Gasteiger partial charge in [0.2, 0.25) is 5.91 Å². The fourth-order valence-corrected chi connectivity index (χ4v) is 3.96. The predicted molar refractivity (Wildman–Crippen MR) is 118 cm³/mol. The Hall–Kier alpha value is -2.53. The van der Waals surface area contributed by atoms with Crippen molar-refractivity contribution in [2.75, 3.05) is 12.4 Å². The van der Waals surface area contributed by atoms with Gasteiger partial charge >= 0.3 is 0 Å². The highest BCUT2D eigenvalue weighted by Gasteiger charge is 2.26. The minimum absolute atomic E-state index is 0.00193. The summed E-state index contributed by atoms with van der Waals surface area (Å²) in [5.41, 5.74) is 3.80. The van der Waals surface area contributed by atoms with Crippen molar-refractivity contribution in [3.63, 3.8) is 0 Å². The van der Waals surface area contributed by atoms with E-state index in [1.807, 2.05) is 36.4 Å².